The minimum Gasteiger partial charge on any atom is -0.478 e. The molecule has 1 aromatic rings. The van der Waals surface area contributed by atoms with Gasteiger partial charge < -0.3 is 10.4 Å². The van der Waals surface area contributed by atoms with E-state index in [1.54, 1.807) is 12.1 Å². The van der Waals surface area contributed by atoms with Crippen molar-refractivity contribution in [2.45, 2.75) is 32.7 Å². The summed E-state index contributed by atoms with van der Waals surface area (Å²) >= 11 is 5.86. The van der Waals surface area contributed by atoms with Gasteiger partial charge in [0, 0.05) is 11.1 Å². The van der Waals surface area contributed by atoms with Crippen molar-refractivity contribution >= 4 is 23.3 Å². The molecule has 0 aliphatic rings. The largest absolute Gasteiger partial charge is 0.478 e. The van der Waals surface area contributed by atoms with E-state index in [9.17, 15) is 4.79 Å². The minimum absolute atomic E-state index is 0.260. The molecular weight excluding hydrogens is 226 g/mol. The van der Waals surface area contributed by atoms with Gasteiger partial charge in [-0.2, -0.15) is 0 Å². The number of hydrogen-bond donors (Lipinski definition) is 2. The Labute approximate surface area is 100 Å². The van der Waals surface area contributed by atoms with E-state index in [0.717, 1.165) is 12.8 Å². The number of aromatic carboxylic acids is 1. The van der Waals surface area contributed by atoms with Gasteiger partial charge in [0.2, 0.25) is 0 Å². The number of rotatable bonds is 5. The predicted molar refractivity (Wildman–Crippen MR) is 66.4 cm³/mol. The van der Waals surface area contributed by atoms with Crippen LogP contribution >= 0.6 is 11.6 Å². The van der Waals surface area contributed by atoms with Crippen molar-refractivity contribution in [3.63, 3.8) is 0 Å². The van der Waals surface area contributed by atoms with Crippen LogP contribution in [0.3, 0.4) is 0 Å². The maximum atomic E-state index is 11.0. The molecule has 0 aliphatic carbocycles. The third-order valence-electron chi connectivity index (χ3n) is 2.56. The zero-order valence-electron chi connectivity index (χ0n) is 9.46. The fourth-order valence-electron chi connectivity index (χ4n) is 1.54. The highest BCUT2D eigenvalue weighted by atomic mass is 35.5. The van der Waals surface area contributed by atoms with Crippen LogP contribution in [0.2, 0.25) is 5.02 Å². The van der Waals surface area contributed by atoms with Gasteiger partial charge in [0.25, 0.3) is 0 Å². The van der Waals surface area contributed by atoms with Crippen LogP contribution in [0.1, 0.15) is 37.0 Å². The first-order valence-electron chi connectivity index (χ1n) is 5.37. The van der Waals surface area contributed by atoms with Crippen molar-refractivity contribution in [3.05, 3.63) is 28.8 Å². The minimum atomic E-state index is -0.940. The zero-order valence-corrected chi connectivity index (χ0v) is 10.2. The first-order chi connectivity index (χ1) is 7.58. The van der Waals surface area contributed by atoms with Gasteiger partial charge in [-0.15, -0.1) is 0 Å². The van der Waals surface area contributed by atoms with Crippen LogP contribution < -0.4 is 5.32 Å². The zero-order chi connectivity index (χ0) is 12.1. The second-order valence-electron chi connectivity index (χ2n) is 3.65. The van der Waals surface area contributed by atoms with E-state index in [2.05, 4.69) is 19.2 Å². The second-order valence-corrected chi connectivity index (χ2v) is 4.09. The molecule has 16 heavy (non-hydrogen) atoms. The van der Waals surface area contributed by atoms with Gasteiger partial charge in [0.05, 0.1) is 11.3 Å². The molecular formula is C12H16ClNO2. The topological polar surface area (TPSA) is 49.3 Å². The molecule has 1 rings (SSSR count). The average Bonchev–Trinajstić information content (AvgIpc) is 2.25. The summed E-state index contributed by atoms with van der Waals surface area (Å²) in [5.41, 5.74) is 0.852. The van der Waals surface area contributed by atoms with Crippen molar-refractivity contribution in [2.24, 2.45) is 0 Å². The summed E-state index contributed by atoms with van der Waals surface area (Å²) in [7, 11) is 0. The normalized spacial score (nSPS) is 10.5. The molecule has 4 heteroatoms. The van der Waals surface area contributed by atoms with E-state index in [1.807, 2.05) is 0 Å². The fraction of sp³-hybridized carbons (Fsp3) is 0.417. The molecule has 0 amide bonds. The van der Waals surface area contributed by atoms with Crippen molar-refractivity contribution in [3.8, 4) is 0 Å². The van der Waals surface area contributed by atoms with Gasteiger partial charge >= 0.3 is 5.97 Å². The molecule has 0 bridgehead atoms. The van der Waals surface area contributed by atoms with Gasteiger partial charge in [-0.3, -0.25) is 0 Å². The second kappa shape index (κ2) is 5.75. The Morgan fingerprint density at radius 3 is 2.56 bits per heavy atom. The Balaban J connectivity index is 3.00. The summed E-state index contributed by atoms with van der Waals surface area (Å²) in [5, 5.41) is 12.8. The third-order valence-corrected chi connectivity index (χ3v) is 2.79. The lowest BCUT2D eigenvalue weighted by atomic mass is 10.1. The molecule has 0 aliphatic heterocycles. The van der Waals surface area contributed by atoms with Crippen molar-refractivity contribution < 1.29 is 9.90 Å². The number of carboxylic acids is 1. The van der Waals surface area contributed by atoms with Gasteiger partial charge in [-0.25, -0.2) is 4.79 Å². The Morgan fingerprint density at radius 2 is 2.06 bits per heavy atom. The summed E-state index contributed by atoms with van der Waals surface area (Å²) in [6, 6.07) is 5.04. The Hall–Kier alpha value is -1.22. The lowest BCUT2D eigenvalue weighted by molar-refractivity contribution is 0.0698. The van der Waals surface area contributed by atoms with Crippen LogP contribution in [0.15, 0.2) is 18.2 Å². The highest BCUT2D eigenvalue weighted by Gasteiger charge is 2.12. The molecule has 0 saturated carbocycles. The van der Waals surface area contributed by atoms with Crippen LogP contribution in [0.4, 0.5) is 5.69 Å². The number of nitrogens with one attached hydrogen (secondary N) is 1. The standard InChI is InChI=1S/C12H16ClNO2/c1-3-9(4-2)14-11-7-8(13)5-6-10(11)12(15)16/h5-7,9,14H,3-4H2,1-2H3,(H,15,16). The van der Waals surface area contributed by atoms with E-state index in [0.29, 0.717) is 10.7 Å². The maximum absolute atomic E-state index is 11.0. The molecule has 0 radical (unpaired) electrons. The molecule has 3 nitrogen and oxygen atoms in total. The lowest BCUT2D eigenvalue weighted by Gasteiger charge is -2.18. The van der Waals surface area contributed by atoms with Crippen molar-refractivity contribution in [2.75, 3.05) is 5.32 Å². The average molecular weight is 242 g/mol. The molecule has 0 aromatic heterocycles. The first kappa shape index (κ1) is 12.8. The Kier molecular flexibility index (Phi) is 4.62. The Bertz CT molecular complexity index is 375. The number of carbonyl (C=O) groups is 1. The summed E-state index contributed by atoms with van der Waals surface area (Å²) in [6.45, 7) is 4.12. The first-order valence-corrected chi connectivity index (χ1v) is 5.75. The molecule has 88 valence electrons. The molecule has 2 N–H and O–H groups in total. The Morgan fingerprint density at radius 1 is 1.44 bits per heavy atom. The van der Waals surface area contributed by atoms with Crippen molar-refractivity contribution in [1.29, 1.82) is 0 Å². The van der Waals surface area contributed by atoms with Crippen molar-refractivity contribution in [1.82, 2.24) is 0 Å². The molecule has 0 saturated heterocycles. The molecule has 0 fully saturated rings. The van der Waals surface area contributed by atoms with E-state index < -0.39 is 5.97 Å². The summed E-state index contributed by atoms with van der Waals surface area (Å²) in [5.74, 6) is -0.940. The highest BCUT2D eigenvalue weighted by Crippen LogP contribution is 2.22. The molecule has 1 aromatic carbocycles. The number of anilines is 1. The SMILES string of the molecule is CCC(CC)Nc1cc(Cl)ccc1C(=O)O. The smallest absolute Gasteiger partial charge is 0.337 e. The predicted octanol–water partition coefficient (Wildman–Crippen LogP) is 3.64. The quantitative estimate of drug-likeness (QED) is 0.828. The third kappa shape index (κ3) is 3.14. The monoisotopic (exact) mass is 241 g/mol. The number of benzene rings is 1. The van der Waals surface area contributed by atoms with Crippen LogP contribution in [0.25, 0.3) is 0 Å². The molecule has 0 heterocycles. The number of halogens is 1. The van der Waals surface area contributed by atoms with Crippen LogP contribution in [-0.4, -0.2) is 17.1 Å². The fourth-order valence-corrected chi connectivity index (χ4v) is 1.71. The van der Waals surface area contributed by atoms with Crippen LogP contribution in [-0.2, 0) is 0 Å². The van der Waals surface area contributed by atoms with E-state index in [-0.39, 0.29) is 11.6 Å². The molecule has 0 atom stereocenters. The van der Waals surface area contributed by atoms with E-state index in [1.165, 1.54) is 6.07 Å². The lowest BCUT2D eigenvalue weighted by Crippen LogP contribution is -2.19. The van der Waals surface area contributed by atoms with Crippen LogP contribution in [0.5, 0.6) is 0 Å². The summed E-state index contributed by atoms with van der Waals surface area (Å²) in [6.07, 6.45) is 1.89. The van der Waals surface area contributed by atoms with Gasteiger partial charge in [-0.1, -0.05) is 25.4 Å². The van der Waals surface area contributed by atoms with Gasteiger partial charge in [-0.05, 0) is 31.0 Å². The number of carboxylic acid groups (broad SMARTS) is 1. The summed E-state index contributed by atoms with van der Waals surface area (Å²) < 4.78 is 0. The molecule has 0 unspecified atom stereocenters. The maximum Gasteiger partial charge on any atom is 0.337 e. The van der Waals surface area contributed by atoms with Crippen LogP contribution in [0, 0.1) is 0 Å². The van der Waals surface area contributed by atoms with Gasteiger partial charge in [0.1, 0.15) is 0 Å². The van der Waals surface area contributed by atoms with E-state index in [4.69, 9.17) is 16.7 Å². The van der Waals surface area contributed by atoms with Gasteiger partial charge in [0.15, 0.2) is 0 Å². The summed E-state index contributed by atoms with van der Waals surface area (Å²) in [4.78, 5) is 11.0. The highest BCUT2D eigenvalue weighted by molar-refractivity contribution is 6.31. The molecule has 0 spiro atoms. The van der Waals surface area contributed by atoms with E-state index >= 15 is 0 Å². The number of hydrogen-bond acceptors (Lipinski definition) is 2.